The highest BCUT2D eigenvalue weighted by Crippen LogP contribution is 2.11. The van der Waals surface area contributed by atoms with E-state index in [1.807, 2.05) is 4.90 Å². The van der Waals surface area contributed by atoms with Gasteiger partial charge in [0.05, 0.1) is 6.61 Å². The molecule has 3 N–H and O–H groups in total. The van der Waals surface area contributed by atoms with Gasteiger partial charge >= 0.3 is 0 Å². The fraction of sp³-hybridized carbons (Fsp3) is 0.500. The van der Waals surface area contributed by atoms with Crippen molar-refractivity contribution in [1.29, 1.82) is 0 Å². The Hall–Kier alpha value is -1.59. The van der Waals surface area contributed by atoms with Gasteiger partial charge in [-0.2, -0.15) is 0 Å². The van der Waals surface area contributed by atoms with E-state index in [9.17, 15) is 4.79 Å². The van der Waals surface area contributed by atoms with Gasteiger partial charge in [-0.1, -0.05) is 0 Å². The molecule has 1 saturated heterocycles. The number of aliphatic hydroxyl groups is 1. The summed E-state index contributed by atoms with van der Waals surface area (Å²) in [6, 6.07) is 7.05. The van der Waals surface area contributed by atoms with Gasteiger partial charge in [-0.25, -0.2) is 0 Å². The molecule has 0 saturated carbocycles. The molecule has 0 aromatic heterocycles. The number of aliphatic hydroxyl groups excluding tert-OH is 1. The van der Waals surface area contributed by atoms with Crippen molar-refractivity contribution in [2.24, 2.45) is 0 Å². The van der Waals surface area contributed by atoms with Crippen molar-refractivity contribution in [3.05, 3.63) is 29.8 Å². The second-order valence-electron chi connectivity index (χ2n) is 4.83. The second-order valence-corrected chi connectivity index (χ2v) is 4.83. The molecule has 19 heavy (non-hydrogen) atoms. The van der Waals surface area contributed by atoms with Crippen LogP contribution in [0.25, 0.3) is 0 Å². The quantitative estimate of drug-likeness (QED) is 0.775. The molecule has 1 aromatic carbocycles. The molecule has 1 fully saturated rings. The Balaban J connectivity index is 1.98. The van der Waals surface area contributed by atoms with Crippen LogP contribution < -0.4 is 5.73 Å². The normalized spacial score (nSPS) is 17.2. The zero-order valence-corrected chi connectivity index (χ0v) is 11.1. The van der Waals surface area contributed by atoms with Crippen LogP contribution in [0.2, 0.25) is 0 Å². The van der Waals surface area contributed by atoms with Crippen molar-refractivity contribution in [2.75, 3.05) is 45.1 Å². The zero-order chi connectivity index (χ0) is 13.7. The molecule has 5 nitrogen and oxygen atoms in total. The molecule has 1 amide bonds. The Labute approximate surface area is 113 Å². The molecular weight excluding hydrogens is 242 g/mol. The van der Waals surface area contributed by atoms with Gasteiger partial charge in [0.25, 0.3) is 5.91 Å². The maximum absolute atomic E-state index is 12.3. The van der Waals surface area contributed by atoms with Crippen molar-refractivity contribution in [3.8, 4) is 0 Å². The van der Waals surface area contributed by atoms with Gasteiger partial charge in [-0.15, -0.1) is 0 Å². The lowest BCUT2D eigenvalue weighted by Crippen LogP contribution is -2.35. The Morgan fingerprint density at radius 3 is 2.58 bits per heavy atom. The number of amides is 1. The zero-order valence-electron chi connectivity index (χ0n) is 11.1. The standard InChI is InChI=1S/C14H21N3O2/c15-13-4-2-12(3-5-13)14(19)17-7-1-6-16(8-9-17)10-11-18/h2-5,18H,1,6-11,15H2. The van der Waals surface area contributed by atoms with Crippen LogP contribution in [0.3, 0.4) is 0 Å². The molecule has 104 valence electrons. The van der Waals surface area contributed by atoms with E-state index in [2.05, 4.69) is 4.90 Å². The molecule has 0 bridgehead atoms. The third kappa shape index (κ3) is 3.68. The largest absolute Gasteiger partial charge is 0.399 e. The van der Waals surface area contributed by atoms with Crippen LogP contribution in [-0.2, 0) is 0 Å². The monoisotopic (exact) mass is 263 g/mol. The number of nitrogens with two attached hydrogens (primary N) is 1. The Bertz CT molecular complexity index is 419. The fourth-order valence-electron chi connectivity index (χ4n) is 2.35. The first-order chi connectivity index (χ1) is 9.20. The van der Waals surface area contributed by atoms with E-state index in [1.165, 1.54) is 0 Å². The maximum atomic E-state index is 12.3. The summed E-state index contributed by atoms with van der Waals surface area (Å²) in [4.78, 5) is 16.4. The molecule has 1 heterocycles. The van der Waals surface area contributed by atoms with Crippen LogP contribution in [0.5, 0.6) is 0 Å². The first kappa shape index (κ1) is 13.8. The lowest BCUT2D eigenvalue weighted by Gasteiger charge is -2.21. The van der Waals surface area contributed by atoms with E-state index >= 15 is 0 Å². The summed E-state index contributed by atoms with van der Waals surface area (Å²) < 4.78 is 0. The number of anilines is 1. The summed E-state index contributed by atoms with van der Waals surface area (Å²) in [5.41, 5.74) is 6.98. The van der Waals surface area contributed by atoms with Gasteiger partial charge in [-0.05, 0) is 37.2 Å². The number of benzene rings is 1. The highest BCUT2D eigenvalue weighted by Gasteiger charge is 2.19. The number of β-amino-alcohol motifs (C(OH)–C–C–N with tert-alkyl or cyclic N) is 1. The van der Waals surface area contributed by atoms with Crippen LogP contribution in [0.4, 0.5) is 5.69 Å². The van der Waals surface area contributed by atoms with Gasteiger partial charge < -0.3 is 15.7 Å². The smallest absolute Gasteiger partial charge is 0.253 e. The molecule has 5 heteroatoms. The lowest BCUT2D eigenvalue weighted by molar-refractivity contribution is 0.0760. The number of nitrogens with zero attached hydrogens (tertiary/aromatic N) is 2. The molecule has 0 unspecified atom stereocenters. The van der Waals surface area contributed by atoms with E-state index in [0.717, 1.165) is 26.1 Å². The molecule has 0 atom stereocenters. The topological polar surface area (TPSA) is 69.8 Å². The van der Waals surface area contributed by atoms with Gasteiger partial charge in [0.2, 0.25) is 0 Å². The summed E-state index contributed by atoms with van der Waals surface area (Å²) in [7, 11) is 0. The van der Waals surface area contributed by atoms with Crippen LogP contribution >= 0.6 is 0 Å². The van der Waals surface area contributed by atoms with E-state index in [4.69, 9.17) is 10.8 Å². The Morgan fingerprint density at radius 2 is 1.89 bits per heavy atom. The SMILES string of the molecule is Nc1ccc(C(=O)N2CCCN(CCO)CC2)cc1. The molecule has 0 spiro atoms. The summed E-state index contributed by atoms with van der Waals surface area (Å²) in [6.45, 7) is 4.09. The van der Waals surface area contributed by atoms with Crippen molar-refractivity contribution in [2.45, 2.75) is 6.42 Å². The Morgan fingerprint density at radius 1 is 1.16 bits per heavy atom. The molecule has 1 aliphatic rings. The van der Waals surface area contributed by atoms with Crippen molar-refractivity contribution in [1.82, 2.24) is 9.80 Å². The van der Waals surface area contributed by atoms with Crippen molar-refractivity contribution >= 4 is 11.6 Å². The number of rotatable bonds is 3. The van der Waals surface area contributed by atoms with Gasteiger partial charge in [0.15, 0.2) is 0 Å². The van der Waals surface area contributed by atoms with E-state index in [0.29, 0.717) is 24.3 Å². The van der Waals surface area contributed by atoms with E-state index < -0.39 is 0 Å². The molecule has 0 aliphatic carbocycles. The first-order valence-electron chi connectivity index (χ1n) is 6.69. The van der Waals surface area contributed by atoms with Crippen LogP contribution in [-0.4, -0.2) is 60.1 Å². The van der Waals surface area contributed by atoms with Crippen LogP contribution in [0.15, 0.2) is 24.3 Å². The average molecular weight is 263 g/mol. The minimum absolute atomic E-state index is 0.0610. The van der Waals surface area contributed by atoms with E-state index in [1.54, 1.807) is 24.3 Å². The third-order valence-corrected chi connectivity index (χ3v) is 3.45. The van der Waals surface area contributed by atoms with Gasteiger partial charge in [-0.3, -0.25) is 9.69 Å². The second kappa shape index (κ2) is 6.54. The molecule has 0 radical (unpaired) electrons. The summed E-state index contributed by atoms with van der Waals surface area (Å²) >= 11 is 0. The Kier molecular flexibility index (Phi) is 4.76. The maximum Gasteiger partial charge on any atom is 0.253 e. The number of carbonyl (C=O) groups excluding carboxylic acids is 1. The lowest BCUT2D eigenvalue weighted by atomic mass is 10.2. The van der Waals surface area contributed by atoms with Crippen LogP contribution in [0.1, 0.15) is 16.8 Å². The minimum Gasteiger partial charge on any atom is -0.399 e. The third-order valence-electron chi connectivity index (χ3n) is 3.45. The van der Waals surface area contributed by atoms with Crippen LogP contribution in [0, 0.1) is 0 Å². The number of hydrogen-bond donors (Lipinski definition) is 2. The van der Waals surface area contributed by atoms with Gasteiger partial charge in [0, 0.05) is 37.4 Å². The predicted octanol–water partition coefficient (Wildman–Crippen LogP) is 0.409. The molecular formula is C14H21N3O2. The predicted molar refractivity (Wildman–Crippen MR) is 74.9 cm³/mol. The first-order valence-corrected chi connectivity index (χ1v) is 6.69. The molecule has 2 rings (SSSR count). The molecule has 1 aromatic rings. The number of hydrogen-bond acceptors (Lipinski definition) is 4. The highest BCUT2D eigenvalue weighted by atomic mass is 16.3. The summed E-state index contributed by atoms with van der Waals surface area (Å²) in [5.74, 6) is 0.0610. The van der Waals surface area contributed by atoms with Crippen molar-refractivity contribution in [3.63, 3.8) is 0 Å². The number of carbonyl (C=O) groups is 1. The summed E-state index contributed by atoms with van der Waals surface area (Å²) in [5, 5.41) is 8.96. The molecule has 1 aliphatic heterocycles. The highest BCUT2D eigenvalue weighted by molar-refractivity contribution is 5.94. The van der Waals surface area contributed by atoms with E-state index in [-0.39, 0.29) is 12.5 Å². The number of nitrogen functional groups attached to an aromatic ring is 1. The fourth-order valence-corrected chi connectivity index (χ4v) is 2.35. The van der Waals surface area contributed by atoms with Crippen molar-refractivity contribution < 1.29 is 9.90 Å². The average Bonchev–Trinajstić information content (AvgIpc) is 2.65. The van der Waals surface area contributed by atoms with Gasteiger partial charge in [0.1, 0.15) is 0 Å². The minimum atomic E-state index is 0.0610. The summed E-state index contributed by atoms with van der Waals surface area (Å²) in [6.07, 6.45) is 0.945.